The van der Waals surface area contributed by atoms with Crippen molar-refractivity contribution < 1.29 is 23.5 Å². The van der Waals surface area contributed by atoms with Crippen LogP contribution in [0.3, 0.4) is 0 Å². The van der Waals surface area contributed by atoms with E-state index in [-0.39, 0.29) is 17.7 Å². The lowest BCUT2D eigenvalue weighted by atomic mass is 9.95. The van der Waals surface area contributed by atoms with Crippen LogP contribution in [0.15, 0.2) is 34.9 Å². The van der Waals surface area contributed by atoms with Gasteiger partial charge in [-0.2, -0.15) is 0 Å². The summed E-state index contributed by atoms with van der Waals surface area (Å²) in [6.45, 7) is 3.79. The molecule has 1 aromatic carbocycles. The molecule has 1 aliphatic rings. The predicted molar refractivity (Wildman–Crippen MR) is 104 cm³/mol. The first-order valence-electron chi connectivity index (χ1n) is 9.16. The molecule has 1 aromatic heterocycles. The Morgan fingerprint density at radius 3 is 2.57 bits per heavy atom. The van der Waals surface area contributed by atoms with E-state index in [1.54, 1.807) is 24.3 Å². The van der Waals surface area contributed by atoms with Crippen molar-refractivity contribution in [3.63, 3.8) is 0 Å². The molecule has 28 heavy (non-hydrogen) atoms. The van der Waals surface area contributed by atoms with Crippen LogP contribution < -0.4 is 25.4 Å². The fourth-order valence-electron chi connectivity index (χ4n) is 3.24. The van der Waals surface area contributed by atoms with Gasteiger partial charge in [-0.05, 0) is 43.6 Å². The Labute approximate surface area is 163 Å². The number of carbonyl (C=O) groups is 2. The minimum Gasteiger partial charge on any atom is -0.493 e. The van der Waals surface area contributed by atoms with Gasteiger partial charge in [-0.15, -0.1) is 0 Å². The molecule has 1 fully saturated rings. The smallest absolute Gasteiger partial charge is 0.291 e. The third-order valence-electron chi connectivity index (χ3n) is 4.86. The topological polar surface area (TPSA) is 102 Å². The van der Waals surface area contributed by atoms with Crippen molar-refractivity contribution in [2.24, 2.45) is 5.92 Å². The number of benzene rings is 1. The first-order chi connectivity index (χ1) is 13.5. The van der Waals surface area contributed by atoms with E-state index in [1.807, 2.05) is 0 Å². The largest absolute Gasteiger partial charge is 0.493 e. The van der Waals surface area contributed by atoms with E-state index < -0.39 is 5.91 Å². The van der Waals surface area contributed by atoms with Gasteiger partial charge < -0.3 is 29.8 Å². The van der Waals surface area contributed by atoms with Crippen LogP contribution in [-0.4, -0.2) is 45.2 Å². The molecular weight excluding hydrogens is 362 g/mol. The number of carbonyl (C=O) groups excluding carboxylic acids is 2. The lowest BCUT2D eigenvalue weighted by Gasteiger charge is -2.30. The maximum absolute atomic E-state index is 13.0. The maximum Gasteiger partial charge on any atom is 0.291 e. The zero-order valence-corrected chi connectivity index (χ0v) is 16.2. The van der Waals surface area contributed by atoms with Gasteiger partial charge in [-0.3, -0.25) is 9.59 Å². The number of nitrogens with one attached hydrogen (secondary N) is 3. The normalized spacial score (nSPS) is 19.0. The molecule has 8 heteroatoms. The maximum atomic E-state index is 13.0. The number of hydrogen-bond donors (Lipinski definition) is 3. The number of furan rings is 1. The van der Waals surface area contributed by atoms with Gasteiger partial charge in [0.1, 0.15) is 0 Å². The number of piperidine rings is 1. The molecule has 1 aliphatic heterocycles. The molecule has 2 heterocycles. The fraction of sp³-hybridized carbons (Fsp3) is 0.400. The molecule has 8 nitrogen and oxygen atoms in total. The SMILES string of the molecule is COc1cc(NC(=O)c2ccco2)c(C(=O)NC2CCNCC2C)cc1OC. The highest BCUT2D eigenvalue weighted by Crippen LogP contribution is 2.34. The summed E-state index contributed by atoms with van der Waals surface area (Å²) in [5, 5.41) is 9.11. The van der Waals surface area contributed by atoms with Crippen molar-refractivity contribution in [3.05, 3.63) is 41.9 Å². The van der Waals surface area contributed by atoms with Crippen molar-refractivity contribution in [2.75, 3.05) is 32.6 Å². The molecule has 2 amide bonds. The Morgan fingerprint density at radius 2 is 1.93 bits per heavy atom. The molecule has 0 spiro atoms. The van der Waals surface area contributed by atoms with Crippen LogP contribution in [0.5, 0.6) is 11.5 Å². The number of methoxy groups -OCH3 is 2. The molecular formula is C20H25N3O5. The number of anilines is 1. The van der Waals surface area contributed by atoms with Gasteiger partial charge in [0.05, 0.1) is 31.7 Å². The van der Waals surface area contributed by atoms with E-state index in [1.165, 1.54) is 20.5 Å². The van der Waals surface area contributed by atoms with E-state index in [2.05, 4.69) is 22.9 Å². The van der Waals surface area contributed by atoms with Crippen LogP contribution in [0.25, 0.3) is 0 Å². The standard InChI is InChI=1S/C20H25N3O5/c1-12-11-21-7-6-14(12)22-19(24)13-9-17(26-2)18(27-3)10-15(13)23-20(25)16-5-4-8-28-16/h4-5,8-10,12,14,21H,6-7,11H2,1-3H3,(H,22,24)(H,23,25). The van der Waals surface area contributed by atoms with Gasteiger partial charge in [0, 0.05) is 12.1 Å². The fourth-order valence-corrected chi connectivity index (χ4v) is 3.24. The summed E-state index contributed by atoms with van der Waals surface area (Å²) in [6, 6.07) is 6.36. The third kappa shape index (κ3) is 4.28. The summed E-state index contributed by atoms with van der Waals surface area (Å²) >= 11 is 0. The third-order valence-corrected chi connectivity index (χ3v) is 4.86. The molecule has 3 rings (SSSR count). The minimum absolute atomic E-state index is 0.0514. The number of rotatable bonds is 6. The Morgan fingerprint density at radius 1 is 1.18 bits per heavy atom. The first kappa shape index (κ1) is 19.8. The quantitative estimate of drug-likeness (QED) is 0.703. The van der Waals surface area contributed by atoms with E-state index in [0.29, 0.717) is 28.7 Å². The van der Waals surface area contributed by atoms with E-state index >= 15 is 0 Å². The van der Waals surface area contributed by atoms with Crippen molar-refractivity contribution >= 4 is 17.5 Å². The van der Waals surface area contributed by atoms with Crippen LogP contribution in [0, 0.1) is 5.92 Å². The summed E-state index contributed by atoms with van der Waals surface area (Å²) in [6.07, 6.45) is 2.25. The van der Waals surface area contributed by atoms with Crippen LogP contribution in [0.4, 0.5) is 5.69 Å². The van der Waals surface area contributed by atoms with Crippen molar-refractivity contribution in [1.29, 1.82) is 0 Å². The summed E-state index contributed by atoms with van der Waals surface area (Å²) < 4.78 is 15.8. The predicted octanol–water partition coefficient (Wildman–Crippen LogP) is 2.28. The van der Waals surface area contributed by atoms with Crippen molar-refractivity contribution in [3.8, 4) is 11.5 Å². The second-order valence-electron chi connectivity index (χ2n) is 6.73. The Bertz CT molecular complexity index is 835. The van der Waals surface area contributed by atoms with Gasteiger partial charge in [0.2, 0.25) is 0 Å². The molecule has 3 N–H and O–H groups in total. The van der Waals surface area contributed by atoms with Gasteiger partial charge >= 0.3 is 0 Å². The highest BCUT2D eigenvalue weighted by molar-refractivity contribution is 6.08. The number of amides is 2. The molecule has 2 unspecified atom stereocenters. The highest BCUT2D eigenvalue weighted by Gasteiger charge is 2.26. The number of hydrogen-bond acceptors (Lipinski definition) is 6. The second-order valence-corrected chi connectivity index (χ2v) is 6.73. The minimum atomic E-state index is -0.457. The second kappa shape index (κ2) is 8.79. The van der Waals surface area contributed by atoms with Crippen LogP contribution in [0.2, 0.25) is 0 Å². The van der Waals surface area contributed by atoms with Crippen LogP contribution in [-0.2, 0) is 0 Å². The van der Waals surface area contributed by atoms with Crippen LogP contribution in [0.1, 0.15) is 34.3 Å². The average molecular weight is 387 g/mol. The van der Waals surface area contributed by atoms with E-state index in [4.69, 9.17) is 13.9 Å². The zero-order valence-electron chi connectivity index (χ0n) is 16.2. The molecule has 2 aromatic rings. The molecule has 1 saturated heterocycles. The van der Waals surface area contributed by atoms with Gasteiger partial charge in [0.15, 0.2) is 17.3 Å². The lowest BCUT2D eigenvalue weighted by Crippen LogP contribution is -2.48. The number of ether oxygens (including phenoxy) is 2. The van der Waals surface area contributed by atoms with Crippen molar-refractivity contribution in [2.45, 2.75) is 19.4 Å². The molecule has 0 bridgehead atoms. The van der Waals surface area contributed by atoms with Gasteiger partial charge in [-0.1, -0.05) is 6.92 Å². The summed E-state index contributed by atoms with van der Waals surface area (Å²) in [5.41, 5.74) is 0.612. The lowest BCUT2D eigenvalue weighted by molar-refractivity contribution is 0.0914. The molecule has 0 saturated carbocycles. The molecule has 0 aliphatic carbocycles. The monoisotopic (exact) mass is 387 g/mol. The first-order valence-corrected chi connectivity index (χ1v) is 9.16. The summed E-state index contributed by atoms with van der Waals surface area (Å²) in [7, 11) is 2.99. The molecule has 0 radical (unpaired) electrons. The Kier molecular flexibility index (Phi) is 6.20. The van der Waals surface area contributed by atoms with Crippen LogP contribution >= 0.6 is 0 Å². The van der Waals surface area contributed by atoms with Gasteiger partial charge in [-0.25, -0.2) is 0 Å². The molecule has 2 atom stereocenters. The zero-order chi connectivity index (χ0) is 20.1. The van der Waals surface area contributed by atoms with E-state index in [9.17, 15) is 9.59 Å². The molecule has 150 valence electrons. The van der Waals surface area contributed by atoms with Gasteiger partial charge in [0.25, 0.3) is 11.8 Å². The van der Waals surface area contributed by atoms with Crippen molar-refractivity contribution in [1.82, 2.24) is 10.6 Å². The summed E-state index contributed by atoms with van der Waals surface area (Å²) in [4.78, 5) is 25.4. The highest BCUT2D eigenvalue weighted by atomic mass is 16.5. The average Bonchev–Trinajstić information content (AvgIpc) is 3.24. The summed E-state index contributed by atoms with van der Waals surface area (Å²) in [5.74, 6) is 0.522. The van der Waals surface area contributed by atoms with E-state index in [0.717, 1.165) is 19.5 Å². The Hall–Kier alpha value is -3.00. The Balaban J connectivity index is 1.90.